The van der Waals surface area contributed by atoms with Gasteiger partial charge in [-0.05, 0) is 68.7 Å². The molecule has 0 saturated carbocycles. The van der Waals surface area contributed by atoms with E-state index >= 15 is 0 Å². The minimum Gasteiger partial charge on any atom is -0.492 e. The molecule has 0 heterocycles. The van der Waals surface area contributed by atoms with E-state index in [2.05, 4.69) is 5.32 Å². The van der Waals surface area contributed by atoms with Crippen molar-refractivity contribution in [1.82, 2.24) is 10.2 Å². The van der Waals surface area contributed by atoms with E-state index in [1.165, 1.54) is 17.0 Å². The zero-order valence-corrected chi connectivity index (χ0v) is 27.0. The van der Waals surface area contributed by atoms with Crippen LogP contribution in [-0.2, 0) is 32.6 Å². The lowest BCUT2D eigenvalue weighted by Gasteiger charge is -2.34. The summed E-state index contributed by atoms with van der Waals surface area (Å²) in [6.45, 7) is 7.35. The fourth-order valence-corrected chi connectivity index (χ4v) is 6.53. The van der Waals surface area contributed by atoms with Crippen LogP contribution in [0.25, 0.3) is 0 Å². The number of aryl methyl sites for hydroxylation is 1. The first-order chi connectivity index (χ1) is 21.6. The number of carbonyl (C=O) groups excluding carboxylic acids is 2. The van der Waals surface area contributed by atoms with Gasteiger partial charge in [-0.1, -0.05) is 84.9 Å². The summed E-state index contributed by atoms with van der Waals surface area (Å²) in [4.78, 5) is 30.0. The van der Waals surface area contributed by atoms with E-state index < -0.39 is 28.5 Å². The van der Waals surface area contributed by atoms with Crippen molar-refractivity contribution >= 4 is 27.5 Å². The molecule has 0 saturated heterocycles. The van der Waals surface area contributed by atoms with Crippen LogP contribution in [0, 0.1) is 6.92 Å². The van der Waals surface area contributed by atoms with Crippen molar-refractivity contribution in [3.8, 4) is 5.75 Å². The molecule has 236 valence electrons. The van der Waals surface area contributed by atoms with Crippen LogP contribution in [0.4, 0.5) is 5.69 Å². The van der Waals surface area contributed by atoms with Gasteiger partial charge in [0, 0.05) is 19.0 Å². The molecule has 0 aromatic heterocycles. The quantitative estimate of drug-likeness (QED) is 0.192. The molecule has 0 fully saturated rings. The SMILES string of the molecule is CCOc1ccccc1N(CC(=O)N(Cc1ccccc1C)[C@H](Cc1ccccc1)C(=O)NC(C)C)S(=O)(=O)c1ccccc1. The molecule has 4 rings (SSSR count). The van der Waals surface area contributed by atoms with Gasteiger partial charge < -0.3 is 15.0 Å². The highest BCUT2D eigenvalue weighted by Gasteiger charge is 2.35. The third-order valence-corrected chi connectivity index (χ3v) is 9.12. The molecule has 0 spiro atoms. The van der Waals surface area contributed by atoms with Crippen molar-refractivity contribution in [3.05, 3.63) is 126 Å². The van der Waals surface area contributed by atoms with Crippen molar-refractivity contribution in [2.75, 3.05) is 17.5 Å². The first kappa shape index (κ1) is 33.3. The Hall–Kier alpha value is -4.63. The summed E-state index contributed by atoms with van der Waals surface area (Å²) in [5, 5.41) is 2.98. The molecule has 0 aliphatic rings. The van der Waals surface area contributed by atoms with Gasteiger partial charge in [0.15, 0.2) is 0 Å². The molecule has 45 heavy (non-hydrogen) atoms. The van der Waals surface area contributed by atoms with E-state index in [9.17, 15) is 18.0 Å². The van der Waals surface area contributed by atoms with E-state index in [1.54, 1.807) is 42.5 Å². The number of ether oxygens (including phenoxy) is 1. The maximum absolute atomic E-state index is 14.6. The Bertz CT molecular complexity index is 1680. The van der Waals surface area contributed by atoms with Gasteiger partial charge in [0.2, 0.25) is 11.8 Å². The van der Waals surface area contributed by atoms with Gasteiger partial charge in [-0.25, -0.2) is 8.42 Å². The van der Waals surface area contributed by atoms with Gasteiger partial charge in [-0.2, -0.15) is 0 Å². The highest BCUT2D eigenvalue weighted by Crippen LogP contribution is 2.33. The molecule has 2 amide bonds. The number of sulfonamides is 1. The molecule has 4 aromatic carbocycles. The molecule has 8 nitrogen and oxygen atoms in total. The first-order valence-electron chi connectivity index (χ1n) is 15.1. The monoisotopic (exact) mass is 627 g/mol. The lowest BCUT2D eigenvalue weighted by atomic mass is 10.0. The van der Waals surface area contributed by atoms with Crippen molar-refractivity contribution in [2.45, 2.75) is 57.6 Å². The maximum Gasteiger partial charge on any atom is 0.264 e. The molecule has 9 heteroatoms. The number of nitrogens with one attached hydrogen (secondary N) is 1. The Morgan fingerprint density at radius 2 is 1.42 bits per heavy atom. The Kier molecular flexibility index (Phi) is 11.4. The number of hydrogen-bond acceptors (Lipinski definition) is 5. The van der Waals surface area contributed by atoms with Gasteiger partial charge in [0.25, 0.3) is 10.0 Å². The van der Waals surface area contributed by atoms with E-state index in [0.717, 1.165) is 21.0 Å². The minimum atomic E-state index is -4.22. The zero-order valence-electron chi connectivity index (χ0n) is 26.2. The Morgan fingerprint density at radius 3 is 2.07 bits per heavy atom. The number of anilines is 1. The topological polar surface area (TPSA) is 96.0 Å². The van der Waals surface area contributed by atoms with Crippen LogP contribution >= 0.6 is 0 Å². The average Bonchev–Trinajstić information content (AvgIpc) is 3.03. The van der Waals surface area contributed by atoms with Crippen LogP contribution in [0.1, 0.15) is 37.5 Å². The second kappa shape index (κ2) is 15.4. The number of para-hydroxylation sites is 2. The third-order valence-electron chi connectivity index (χ3n) is 7.35. The normalized spacial score (nSPS) is 11.9. The summed E-state index contributed by atoms with van der Waals surface area (Å²) >= 11 is 0. The summed E-state index contributed by atoms with van der Waals surface area (Å²) in [7, 11) is -4.22. The fourth-order valence-electron chi connectivity index (χ4n) is 5.08. The predicted octanol–water partition coefficient (Wildman–Crippen LogP) is 5.75. The largest absolute Gasteiger partial charge is 0.492 e. The van der Waals surface area contributed by atoms with Gasteiger partial charge in [-0.15, -0.1) is 0 Å². The number of benzene rings is 4. The van der Waals surface area contributed by atoms with Gasteiger partial charge in [0.05, 0.1) is 17.2 Å². The van der Waals surface area contributed by atoms with E-state index in [0.29, 0.717) is 12.4 Å². The van der Waals surface area contributed by atoms with E-state index in [-0.39, 0.29) is 35.5 Å². The van der Waals surface area contributed by atoms with Gasteiger partial charge in [0.1, 0.15) is 18.3 Å². The first-order valence-corrected chi connectivity index (χ1v) is 16.5. The van der Waals surface area contributed by atoms with Gasteiger partial charge >= 0.3 is 0 Å². The summed E-state index contributed by atoms with van der Waals surface area (Å²) in [6.07, 6.45) is 0.248. The Morgan fingerprint density at radius 1 is 0.822 bits per heavy atom. The molecular weight excluding hydrogens is 586 g/mol. The van der Waals surface area contributed by atoms with Crippen molar-refractivity contribution in [2.24, 2.45) is 0 Å². The van der Waals surface area contributed by atoms with Crippen LogP contribution in [0.5, 0.6) is 5.75 Å². The molecule has 1 atom stereocenters. The number of carbonyl (C=O) groups is 2. The third kappa shape index (κ3) is 8.51. The molecule has 0 bridgehead atoms. The molecule has 0 aliphatic carbocycles. The molecule has 4 aromatic rings. The summed E-state index contributed by atoms with van der Waals surface area (Å²) in [5.41, 5.74) is 2.92. The van der Waals surface area contributed by atoms with Crippen molar-refractivity contribution < 1.29 is 22.7 Å². The smallest absolute Gasteiger partial charge is 0.264 e. The predicted molar refractivity (Wildman–Crippen MR) is 178 cm³/mol. The van der Waals surface area contributed by atoms with Crippen molar-refractivity contribution in [1.29, 1.82) is 0 Å². The Labute approximate surface area is 266 Å². The molecular formula is C36H41N3O5S. The number of amides is 2. The number of hydrogen-bond donors (Lipinski definition) is 1. The van der Waals surface area contributed by atoms with Gasteiger partial charge in [-0.3, -0.25) is 13.9 Å². The minimum absolute atomic E-state index is 0.0351. The summed E-state index contributed by atoms with van der Waals surface area (Å²) in [6, 6.07) is 30.8. The molecule has 0 aliphatic heterocycles. The van der Waals surface area contributed by atoms with Crippen LogP contribution < -0.4 is 14.4 Å². The summed E-state index contributed by atoms with van der Waals surface area (Å²) < 4.78 is 35.3. The zero-order chi connectivity index (χ0) is 32.4. The fraction of sp³-hybridized carbons (Fsp3) is 0.278. The molecule has 0 unspecified atom stereocenters. The van der Waals surface area contributed by atoms with Crippen molar-refractivity contribution in [3.63, 3.8) is 0 Å². The second-order valence-corrected chi connectivity index (χ2v) is 12.9. The highest BCUT2D eigenvalue weighted by molar-refractivity contribution is 7.92. The van der Waals surface area contributed by atoms with E-state index in [1.807, 2.05) is 82.3 Å². The highest BCUT2D eigenvalue weighted by atomic mass is 32.2. The molecule has 1 N–H and O–H groups in total. The average molecular weight is 628 g/mol. The second-order valence-electron chi connectivity index (χ2n) is 11.0. The summed E-state index contributed by atoms with van der Waals surface area (Å²) in [5.74, 6) is -0.511. The van der Waals surface area contributed by atoms with Crippen LogP contribution in [-0.4, -0.2) is 50.4 Å². The Balaban J connectivity index is 1.84. The molecule has 0 radical (unpaired) electrons. The van der Waals surface area contributed by atoms with E-state index in [4.69, 9.17) is 4.74 Å². The lowest BCUT2D eigenvalue weighted by molar-refractivity contribution is -0.140. The maximum atomic E-state index is 14.6. The lowest BCUT2D eigenvalue weighted by Crippen LogP contribution is -2.54. The number of nitrogens with zero attached hydrogens (tertiary/aromatic N) is 2. The standard InChI is InChI=1S/C36H41N3O5S/c1-5-44-34-23-15-14-22-32(34)39(45(42,43)31-20-10-7-11-21-31)26-35(40)38(25-30-19-13-12-16-28(30)4)33(36(41)37-27(2)3)24-29-17-8-6-9-18-29/h6-23,27,33H,5,24-26H2,1-4H3,(H,37,41)/t33-/m1/s1. The van der Waals surface area contributed by atoms with Crippen LogP contribution in [0.3, 0.4) is 0 Å². The number of rotatable bonds is 14. The van der Waals surface area contributed by atoms with Crippen LogP contribution in [0.2, 0.25) is 0 Å². The van der Waals surface area contributed by atoms with Crippen LogP contribution in [0.15, 0.2) is 114 Å².